The zero-order chi connectivity index (χ0) is 15.9. The molecule has 3 aromatic rings. The lowest BCUT2D eigenvalue weighted by Gasteiger charge is -2.23. The highest BCUT2D eigenvalue weighted by atomic mass is 16.2. The van der Waals surface area contributed by atoms with E-state index in [-0.39, 0.29) is 6.03 Å². The van der Waals surface area contributed by atoms with E-state index in [4.69, 9.17) is 0 Å². The first-order chi connectivity index (χ1) is 11.3. The number of hydrogen-bond acceptors (Lipinski definition) is 2. The zero-order valence-corrected chi connectivity index (χ0v) is 12.5. The van der Waals surface area contributed by atoms with Crippen LogP contribution < -0.4 is 15.8 Å². The third-order valence-electron chi connectivity index (χ3n) is 3.32. The SMILES string of the molecule is O=C(NNc1ccccc1)N(c1ccccc1)c1ccccc1. The molecule has 0 saturated carbocycles. The van der Waals surface area contributed by atoms with E-state index in [0.717, 1.165) is 17.1 Å². The van der Waals surface area contributed by atoms with E-state index in [1.807, 2.05) is 91.0 Å². The average Bonchev–Trinajstić information content (AvgIpc) is 2.63. The van der Waals surface area contributed by atoms with Gasteiger partial charge in [0.05, 0.1) is 17.1 Å². The summed E-state index contributed by atoms with van der Waals surface area (Å²) < 4.78 is 0. The molecule has 0 radical (unpaired) electrons. The molecule has 3 rings (SSSR count). The number of anilines is 3. The first-order valence-electron chi connectivity index (χ1n) is 7.36. The summed E-state index contributed by atoms with van der Waals surface area (Å²) in [5, 5.41) is 0. The number of para-hydroxylation sites is 3. The van der Waals surface area contributed by atoms with Crippen LogP contribution >= 0.6 is 0 Å². The molecule has 0 fully saturated rings. The Morgan fingerprint density at radius 2 is 1.09 bits per heavy atom. The molecule has 23 heavy (non-hydrogen) atoms. The topological polar surface area (TPSA) is 44.4 Å². The van der Waals surface area contributed by atoms with E-state index < -0.39 is 0 Å². The van der Waals surface area contributed by atoms with Gasteiger partial charge >= 0.3 is 6.03 Å². The molecular weight excluding hydrogens is 286 g/mol. The van der Waals surface area contributed by atoms with Crippen molar-refractivity contribution in [3.8, 4) is 0 Å². The highest BCUT2D eigenvalue weighted by molar-refractivity contribution is 5.99. The van der Waals surface area contributed by atoms with Crippen LogP contribution in [0, 0.1) is 0 Å². The first kappa shape index (κ1) is 14.7. The summed E-state index contributed by atoms with van der Waals surface area (Å²) in [4.78, 5) is 14.3. The van der Waals surface area contributed by atoms with E-state index >= 15 is 0 Å². The second kappa shape index (κ2) is 7.13. The lowest BCUT2D eigenvalue weighted by Crippen LogP contribution is -2.40. The molecule has 2 amide bonds. The van der Waals surface area contributed by atoms with Crippen LogP contribution in [-0.4, -0.2) is 6.03 Å². The van der Waals surface area contributed by atoms with Gasteiger partial charge in [0.25, 0.3) is 0 Å². The van der Waals surface area contributed by atoms with Crippen LogP contribution in [0.5, 0.6) is 0 Å². The van der Waals surface area contributed by atoms with Crippen molar-refractivity contribution in [3.05, 3.63) is 91.0 Å². The summed E-state index contributed by atoms with van der Waals surface area (Å²) in [7, 11) is 0. The van der Waals surface area contributed by atoms with Crippen LogP contribution in [0.1, 0.15) is 0 Å². The van der Waals surface area contributed by atoms with Gasteiger partial charge in [-0.15, -0.1) is 0 Å². The maximum atomic E-state index is 12.7. The fourth-order valence-corrected chi connectivity index (χ4v) is 2.24. The van der Waals surface area contributed by atoms with Gasteiger partial charge in [-0.2, -0.15) is 0 Å². The molecule has 0 saturated heterocycles. The quantitative estimate of drug-likeness (QED) is 0.694. The number of hydrazine groups is 1. The lowest BCUT2D eigenvalue weighted by molar-refractivity contribution is 0.250. The monoisotopic (exact) mass is 303 g/mol. The molecule has 4 nitrogen and oxygen atoms in total. The first-order valence-corrected chi connectivity index (χ1v) is 7.36. The van der Waals surface area contributed by atoms with Gasteiger partial charge in [0.2, 0.25) is 0 Å². The van der Waals surface area contributed by atoms with E-state index in [1.54, 1.807) is 4.90 Å². The number of urea groups is 1. The minimum atomic E-state index is -0.258. The molecular formula is C19H17N3O. The Morgan fingerprint density at radius 1 is 0.652 bits per heavy atom. The maximum absolute atomic E-state index is 12.7. The van der Waals surface area contributed by atoms with Crippen LogP contribution in [-0.2, 0) is 0 Å². The Hall–Kier alpha value is -3.27. The highest BCUT2D eigenvalue weighted by Gasteiger charge is 2.17. The normalized spacial score (nSPS) is 9.91. The molecule has 0 aromatic heterocycles. The van der Waals surface area contributed by atoms with Gasteiger partial charge in [-0.25, -0.2) is 4.79 Å². The van der Waals surface area contributed by atoms with E-state index in [0.29, 0.717) is 0 Å². The number of nitrogens with one attached hydrogen (secondary N) is 2. The van der Waals surface area contributed by atoms with Gasteiger partial charge in [-0.05, 0) is 36.4 Å². The second-order valence-corrected chi connectivity index (χ2v) is 4.93. The predicted molar refractivity (Wildman–Crippen MR) is 93.6 cm³/mol. The van der Waals surface area contributed by atoms with Crippen LogP contribution in [0.25, 0.3) is 0 Å². The molecule has 0 aliphatic heterocycles. The predicted octanol–water partition coefficient (Wildman–Crippen LogP) is 4.56. The van der Waals surface area contributed by atoms with Crippen LogP contribution in [0.4, 0.5) is 21.9 Å². The van der Waals surface area contributed by atoms with Crippen molar-refractivity contribution in [3.63, 3.8) is 0 Å². The molecule has 0 aliphatic carbocycles. The summed E-state index contributed by atoms with van der Waals surface area (Å²) in [6.07, 6.45) is 0. The number of nitrogens with zero attached hydrogens (tertiary/aromatic N) is 1. The fraction of sp³-hybridized carbons (Fsp3) is 0. The number of amides is 2. The van der Waals surface area contributed by atoms with Gasteiger partial charge < -0.3 is 0 Å². The number of benzene rings is 3. The van der Waals surface area contributed by atoms with Gasteiger partial charge in [0.1, 0.15) is 0 Å². The molecule has 4 heteroatoms. The largest absolute Gasteiger partial charge is 0.345 e. The fourth-order valence-electron chi connectivity index (χ4n) is 2.24. The number of carbonyl (C=O) groups excluding carboxylic acids is 1. The van der Waals surface area contributed by atoms with Crippen molar-refractivity contribution < 1.29 is 4.79 Å². The Kier molecular flexibility index (Phi) is 4.55. The highest BCUT2D eigenvalue weighted by Crippen LogP contribution is 2.24. The molecule has 0 heterocycles. The minimum absolute atomic E-state index is 0.258. The zero-order valence-electron chi connectivity index (χ0n) is 12.5. The third-order valence-corrected chi connectivity index (χ3v) is 3.32. The summed E-state index contributed by atoms with van der Waals surface area (Å²) in [5.41, 5.74) is 8.07. The Labute approximate surface area is 135 Å². The van der Waals surface area contributed by atoms with Gasteiger partial charge in [0, 0.05) is 0 Å². The van der Waals surface area contributed by atoms with E-state index in [9.17, 15) is 4.79 Å². The van der Waals surface area contributed by atoms with E-state index in [2.05, 4.69) is 10.9 Å². The summed E-state index contributed by atoms with van der Waals surface area (Å²) in [5.74, 6) is 0. The molecule has 0 aliphatic rings. The van der Waals surface area contributed by atoms with Crippen molar-refractivity contribution in [1.29, 1.82) is 0 Å². The Bertz CT molecular complexity index is 706. The maximum Gasteiger partial charge on any atom is 0.345 e. The Balaban J connectivity index is 1.82. The van der Waals surface area contributed by atoms with Crippen molar-refractivity contribution in [2.24, 2.45) is 0 Å². The van der Waals surface area contributed by atoms with Crippen molar-refractivity contribution in [2.45, 2.75) is 0 Å². The molecule has 0 unspecified atom stereocenters. The molecule has 3 aromatic carbocycles. The third kappa shape index (κ3) is 3.68. The molecule has 2 N–H and O–H groups in total. The smallest absolute Gasteiger partial charge is 0.297 e. The molecule has 0 bridgehead atoms. The van der Waals surface area contributed by atoms with Crippen molar-refractivity contribution in [1.82, 2.24) is 5.43 Å². The summed E-state index contributed by atoms with van der Waals surface area (Å²) in [6.45, 7) is 0. The van der Waals surface area contributed by atoms with E-state index in [1.165, 1.54) is 0 Å². The van der Waals surface area contributed by atoms with Crippen molar-refractivity contribution >= 4 is 23.1 Å². The van der Waals surface area contributed by atoms with Crippen molar-refractivity contribution in [2.75, 3.05) is 10.3 Å². The molecule has 0 atom stereocenters. The molecule has 114 valence electrons. The van der Waals surface area contributed by atoms with Crippen LogP contribution in [0.3, 0.4) is 0 Å². The lowest BCUT2D eigenvalue weighted by atomic mass is 10.2. The number of carbonyl (C=O) groups is 1. The molecule has 0 spiro atoms. The van der Waals surface area contributed by atoms with Gasteiger partial charge in [0.15, 0.2) is 0 Å². The van der Waals surface area contributed by atoms with Crippen LogP contribution in [0.15, 0.2) is 91.0 Å². The number of rotatable bonds is 4. The standard InChI is InChI=1S/C19H17N3O/c23-19(21-20-16-10-4-1-5-11-16)22(17-12-6-2-7-13-17)18-14-8-3-9-15-18/h1-15,20H,(H,21,23). The van der Waals surface area contributed by atoms with Gasteiger partial charge in [-0.3, -0.25) is 15.8 Å². The minimum Gasteiger partial charge on any atom is -0.297 e. The second-order valence-electron chi connectivity index (χ2n) is 4.93. The Morgan fingerprint density at radius 3 is 1.57 bits per heavy atom. The van der Waals surface area contributed by atoms with Gasteiger partial charge in [-0.1, -0.05) is 54.6 Å². The number of hydrogen-bond donors (Lipinski definition) is 2. The average molecular weight is 303 g/mol. The van der Waals surface area contributed by atoms with Crippen LogP contribution in [0.2, 0.25) is 0 Å². The summed E-state index contributed by atoms with van der Waals surface area (Å²) >= 11 is 0. The summed E-state index contributed by atoms with van der Waals surface area (Å²) in [6, 6.07) is 28.3.